The van der Waals surface area contributed by atoms with Gasteiger partial charge in [-0.15, -0.1) is 0 Å². The van der Waals surface area contributed by atoms with E-state index in [4.69, 9.17) is 4.74 Å². The van der Waals surface area contributed by atoms with Gasteiger partial charge in [0, 0.05) is 25.3 Å². The molecule has 1 N–H and O–H groups in total. The Morgan fingerprint density at radius 2 is 1.71 bits per heavy atom. The molecule has 1 amide bonds. The molecule has 0 aliphatic carbocycles. The fraction of sp³-hybridized carbons (Fsp3) is 0.296. The van der Waals surface area contributed by atoms with Gasteiger partial charge in [0.25, 0.3) is 10.0 Å². The normalized spacial score (nSPS) is 12.8. The van der Waals surface area contributed by atoms with Crippen molar-refractivity contribution in [2.45, 2.75) is 24.7 Å². The van der Waals surface area contributed by atoms with Gasteiger partial charge in [-0.1, -0.05) is 36.4 Å². The maximum Gasteiger partial charge on any atom is 0.264 e. The van der Waals surface area contributed by atoms with Gasteiger partial charge in [0.2, 0.25) is 5.91 Å². The second-order valence-electron chi connectivity index (χ2n) is 8.32. The third-order valence-corrected chi connectivity index (χ3v) is 7.75. The molecule has 8 heteroatoms. The highest BCUT2D eigenvalue weighted by Gasteiger charge is 2.27. The third kappa shape index (κ3) is 5.95. The Labute approximate surface area is 207 Å². The maximum absolute atomic E-state index is 13.5. The average Bonchev–Trinajstić information content (AvgIpc) is 3.29. The average molecular weight is 494 g/mol. The molecule has 0 saturated carbocycles. The van der Waals surface area contributed by atoms with Crippen LogP contribution >= 0.6 is 0 Å². The van der Waals surface area contributed by atoms with E-state index in [0.29, 0.717) is 24.6 Å². The van der Waals surface area contributed by atoms with Gasteiger partial charge in [0.1, 0.15) is 12.3 Å². The minimum absolute atomic E-state index is 0.102. The fourth-order valence-electron chi connectivity index (χ4n) is 4.23. The first kappa shape index (κ1) is 24.6. The van der Waals surface area contributed by atoms with E-state index in [1.54, 1.807) is 36.4 Å². The van der Waals surface area contributed by atoms with Crippen LogP contribution in [0.1, 0.15) is 18.9 Å². The molecule has 184 valence electrons. The van der Waals surface area contributed by atoms with Gasteiger partial charge in [0.05, 0.1) is 17.2 Å². The lowest BCUT2D eigenvalue weighted by atomic mass is 10.2. The van der Waals surface area contributed by atoms with Gasteiger partial charge < -0.3 is 15.0 Å². The number of hydrogen-bond acceptors (Lipinski definition) is 5. The quantitative estimate of drug-likeness (QED) is 0.411. The third-order valence-electron chi connectivity index (χ3n) is 5.96. The predicted molar refractivity (Wildman–Crippen MR) is 139 cm³/mol. The van der Waals surface area contributed by atoms with Crippen LogP contribution in [0.15, 0.2) is 83.8 Å². The van der Waals surface area contributed by atoms with E-state index >= 15 is 0 Å². The molecular formula is C27H31N3O4S. The summed E-state index contributed by atoms with van der Waals surface area (Å²) in [4.78, 5) is 15.2. The number of benzene rings is 3. The molecule has 0 unspecified atom stereocenters. The van der Waals surface area contributed by atoms with E-state index in [-0.39, 0.29) is 17.3 Å². The van der Waals surface area contributed by atoms with E-state index < -0.39 is 10.0 Å². The fourth-order valence-corrected chi connectivity index (χ4v) is 5.65. The van der Waals surface area contributed by atoms with E-state index in [0.717, 1.165) is 30.2 Å². The van der Waals surface area contributed by atoms with Gasteiger partial charge in [-0.05, 0) is 67.8 Å². The molecule has 0 fully saturated rings. The molecule has 1 heterocycles. The van der Waals surface area contributed by atoms with Crippen molar-refractivity contribution in [2.24, 2.45) is 0 Å². The minimum Gasteiger partial charge on any atom is -0.494 e. The summed E-state index contributed by atoms with van der Waals surface area (Å²) in [5.41, 5.74) is 3.05. The minimum atomic E-state index is -3.95. The van der Waals surface area contributed by atoms with Crippen molar-refractivity contribution in [3.8, 4) is 5.75 Å². The summed E-state index contributed by atoms with van der Waals surface area (Å²) in [5.74, 6) is 0.251. The Kier molecular flexibility index (Phi) is 7.92. The Bertz CT molecular complexity index is 1230. The number of carbonyl (C=O) groups excluding carboxylic acids is 1. The van der Waals surface area contributed by atoms with Crippen LogP contribution in [0.3, 0.4) is 0 Å². The lowest BCUT2D eigenvalue weighted by Gasteiger charge is -2.24. The van der Waals surface area contributed by atoms with Crippen LogP contribution in [0.4, 0.5) is 11.4 Å². The molecule has 0 bridgehead atoms. The van der Waals surface area contributed by atoms with Crippen molar-refractivity contribution in [3.63, 3.8) is 0 Å². The van der Waals surface area contributed by atoms with Crippen LogP contribution in [0, 0.1) is 0 Å². The lowest BCUT2D eigenvalue weighted by molar-refractivity contribution is -0.119. The first-order valence-corrected chi connectivity index (χ1v) is 13.3. The van der Waals surface area contributed by atoms with Crippen LogP contribution in [0.5, 0.6) is 5.75 Å². The molecule has 0 radical (unpaired) electrons. The van der Waals surface area contributed by atoms with Crippen LogP contribution < -0.4 is 19.3 Å². The Morgan fingerprint density at radius 1 is 1.00 bits per heavy atom. The first-order valence-electron chi connectivity index (χ1n) is 11.9. The SMILES string of the molecule is CCOc1ccc(S(=O)(=O)N(CC(=O)NCCCN2CCc3ccccc32)c2ccccc2)cc1. The Balaban J connectivity index is 1.39. The number of hydrogen-bond donors (Lipinski definition) is 1. The molecule has 0 saturated heterocycles. The van der Waals surface area contributed by atoms with E-state index in [1.165, 1.54) is 23.4 Å². The molecular weight excluding hydrogens is 462 g/mol. The summed E-state index contributed by atoms with van der Waals surface area (Å²) >= 11 is 0. The topological polar surface area (TPSA) is 79.0 Å². The number of anilines is 2. The number of fused-ring (bicyclic) bond motifs is 1. The van der Waals surface area contributed by atoms with Crippen LogP contribution in [-0.2, 0) is 21.2 Å². The van der Waals surface area contributed by atoms with Gasteiger partial charge in [-0.2, -0.15) is 0 Å². The second kappa shape index (κ2) is 11.3. The molecule has 1 aliphatic rings. The summed E-state index contributed by atoms with van der Waals surface area (Å²) < 4.78 is 33.5. The zero-order valence-corrected chi connectivity index (χ0v) is 20.7. The molecule has 35 heavy (non-hydrogen) atoms. The largest absolute Gasteiger partial charge is 0.494 e. The molecule has 0 spiro atoms. The van der Waals surface area contributed by atoms with Crippen molar-refractivity contribution < 1.29 is 17.9 Å². The van der Waals surface area contributed by atoms with Gasteiger partial charge in [0.15, 0.2) is 0 Å². The summed E-state index contributed by atoms with van der Waals surface area (Å²) in [7, 11) is -3.95. The number of carbonyl (C=O) groups is 1. The number of nitrogens with zero attached hydrogens (tertiary/aromatic N) is 2. The number of nitrogens with one attached hydrogen (secondary N) is 1. The van der Waals surface area contributed by atoms with Crippen LogP contribution in [0.2, 0.25) is 0 Å². The van der Waals surface area contributed by atoms with Gasteiger partial charge >= 0.3 is 0 Å². The smallest absolute Gasteiger partial charge is 0.264 e. The molecule has 3 aromatic carbocycles. The number of sulfonamides is 1. The summed E-state index contributed by atoms with van der Waals surface area (Å²) in [5, 5.41) is 2.89. The molecule has 0 atom stereocenters. The predicted octanol–water partition coefficient (Wildman–Crippen LogP) is 3.85. The monoisotopic (exact) mass is 493 g/mol. The highest BCUT2D eigenvalue weighted by Crippen LogP contribution is 2.27. The van der Waals surface area contributed by atoms with E-state index in [2.05, 4.69) is 28.4 Å². The Hall–Kier alpha value is -3.52. The van der Waals surface area contributed by atoms with Crippen molar-refractivity contribution in [1.82, 2.24) is 5.32 Å². The van der Waals surface area contributed by atoms with Crippen molar-refractivity contribution in [1.29, 1.82) is 0 Å². The standard InChI is InChI=1S/C27H31N3O4S/c1-2-34-24-13-15-25(16-14-24)35(32,33)30(23-10-4-3-5-11-23)21-27(31)28-18-8-19-29-20-17-22-9-6-7-12-26(22)29/h3-7,9-16H,2,8,17-21H2,1H3,(H,28,31). The number of amides is 1. The zero-order valence-electron chi connectivity index (χ0n) is 19.9. The van der Waals surface area contributed by atoms with Crippen molar-refractivity contribution >= 4 is 27.3 Å². The number of ether oxygens (including phenoxy) is 1. The molecule has 1 aliphatic heterocycles. The molecule has 4 rings (SSSR count). The number of rotatable bonds is 11. The first-order chi connectivity index (χ1) is 17.0. The van der Waals surface area contributed by atoms with Crippen molar-refractivity contribution in [3.05, 3.63) is 84.4 Å². The van der Waals surface area contributed by atoms with Gasteiger partial charge in [-0.3, -0.25) is 9.10 Å². The highest BCUT2D eigenvalue weighted by atomic mass is 32.2. The highest BCUT2D eigenvalue weighted by molar-refractivity contribution is 7.92. The van der Waals surface area contributed by atoms with E-state index in [9.17, 15) is 13.2 Å². The summed E-state index contributed by atoms with van der Waals surface area (Å²) in [6, 6.07) is 23.3. The van der Waals surface area contributed by atoms with E-state index in [1.807, 2.05) is 19.1 Å². The van der Waals surface area contributed by atoms with Crippen molar-refractivity contribution in [2.75, 3.05) is 42.0 Å². The van der Waals surface area contributed by atoms with Gasteiger partial charge in [-0.25, -0.2) is 8.42 Å². The summed E-state index contributed by atoms with van der Waals surface area (Å²) in [6.07, 6.45) is 1.81. The Morgan fingerprint density at radius 3 is 2.46 bits per heavy atom. The molecule has 7 nitrogen and oxygen atoms in total. The van der Waals surface area contributed by atoms with Crippen LogP contribution in [-0.4, -0.2) is 47.1 Å². The summed E-state index contributed by atoms with van der Waals surface area (Å²) in [6.45, 7) is 4.35. The molecule has 3 aromatic rings. The zero-order chi connectivity index (χ0) is 24.7. The molecule has 0 aromatic heterocycles. The van der Waals surface area contributed by atoms with Crippen LogP contribution in [0.25, 0.3) is 0 Å². The lowest BCUT2D eigenvalue weighted by Crippen LogP contribution is -2.41. The number of para-hydroxylation sites is 2. The second-order valence-corrected chi connectivity index (χ2v) is 10.2. The maximum atomic E-state index is 13.5.